The molecule has 0 spiro atoms. The molecule has 1 aliphatic heterocycles. The van der Waals surface area contributed by atoms with Crippen LogP contribution in [0, 0.1) is 0 Å². The minimum absolute atomic E-state index is 0.180. The Hall–Kier alpha value is -2.71. The molecule has 1 atom stereocenters. The van der Waals surface area contributed by atoms with E-state index in [2.05, 4.69) is 4.98 Å². The van der Waals surface area contributed by atoms with Gasteiger partial charge in [-0.2, -0.15) is 0 Å². The van der Waals surface area contributed by atoms with Crippen molar-refractivity contribution < 1.29 is 19.1 Å². The van der Waals surface area contributed by atoms with E-state index in [-0.39, 0.29) is 11.6 Å². The monoisotopic (exact) mass is 428 g/mol. The average molecular weight is 429 g/mol. The van der Waals surface area contributed by atoms with Gasteiger partial charge in [-0.15, -0.1) is 22.7 Å². The number of benzene rings is 1. The molecular formula is C21H20N2O4S2. The topological polar surface area (TPSA) is 68.7 Å². The summed E-state index contributed by atoms with van der Waals surface area (Å²) in [5.41, 5.74) is 2.27. The second-order valence-electron chi connectivity index (χ2n) is 6.69. The van der Waals surface area contributed by atoms with E-state index in [1.54, 1.807) is 35.7 Å². The molecule has 3 heterocycles. The fourth-order valence-electron chi connectivity index (χ4n) is 3.20. The van der Waals surface area contributed by atoms with Gasteiger partial charge in [0.05, 0.1) is 7.11 Å². The van der Waals surface area contributed by atoms with Gasteiger partial charge in [0.2, 0.25) is 0 Å². The first-order valence-corrected chi connectivity index (χ1v) is 11.0. The van der Waals surface area contributed by atoms with Crippen molar-refractivity contribution in [2.45, 2.75) is 26.0 Å². The van der Waals surface area contributed by atoms with E-state index < -0.39 is 12.1 Å². The lowest BCUT2D eigenvalue weighted by molar-refractivity contribution is -0.140. The molecule has 3 aromatic rings. The molecule has 0 fully saturated rings. The molecule has 0 N–H and O–H groups in total. The number of methoxy groups -OCH3 is 1. The van der Waals surface area contributed by atoms with Crippen LogP contribution in [0.2, 0.25) is 0 Å². The highest BCUT2D eigenvalue weighted by Gasteiger charge is 2.28. The van der Waals surface area contributed by atoms with Gasteiger partial charge in [-0.25, -0.2) is 9.78 Å². The van der Waals surface area contributed by atoms with Crippen molar-refractivity contribution in [1.82, 2.24) is 9.88 Å². The highest BCUT2D eigenvalue weighted by molar-refractivity contribution is 7.13. The van der Waals surface area contributed by atoms with Gasteiger partial charge in [0.15, 0.2) is 11.8 Å². The number of hydrogen-bond acceptors (Lipinski definition) is 7. The Bertz CT molecular complexity index is 1030. The van der Waals surface area contributed by atoms with Crippen molar-refractivity contribution in [2.24, 2.45) is 0 Å². The Kier molecular flexibility index (Phi) is 5.64. The number of amides is 1. The molecule has 0 saturated heterocycles. The van der Waals surface area contributed by atoms with Gasteiger partial charge in [-0.1, -0.05) is 0 Å². The molecule has 0 saturated carbocycles. The number of rotatable bonds is 5. The quantitative estimate of drug-likeness (QED) is 0.575. The molecule has 150 valence electrons. The third kappa shape index (κ3) is 4.18. The van der Waals surface area contributed by atoms with Crippen LogP contribution in [0.5, 0.6) is 5.75 Å². The maximum Gasteiger partial charge on any atom is 0.358 e. The second kappa shape index (κ2) is 8.34. The third-order valence-electron chi connectivity index (χ3n) is 4.80. The van der Waals surface area contributed by atoms with E-state index in [1.807, 2.05) is 35.7 Å². The first kappa shape index (κ1) is 19.6. The number of aromatic nitrogens is 1. The van der Waals surface area contributed by atoms with Crippen LogP contribution in [0.25, 0.3) is 10.6 Å². The van der Waals surface area contributed by atoms with E-state index in [9.17, 15) is 9.59 Å². The van der Waals surface area contributed by atoms with Gasteiger partial charge in [-0.05, 0) is 54.6 Å². The first-order valence-electron chi connectivity index (χ1n) is 9.20. The van der Waals surface area contributed by atoms with Crippen molar-refractivity contribution in [3.05, 3.63) is 57.2 Å². The Morgan fingerprint density at radius 1 is 1.17 bits per heavy atom. The van der Waals surface area contributed by atoms with Crippen molar-refractivity contribution >= 4 is 34.6 Å². The zero-order chi connectivity index (χ0) is 20.4. The molecule has 1 aromatic carbocycles. The molecule has 8 heteroatoms. The highest BCUT2D eigenvalue weighted by Crippen LogP contribution is 2.27. The van der Waals surface area contributed by atoms with Crippen LogP contribution in [0.15, 0.2) is 41.1 Å². The van der Waals surface area contributed by atoms with Gasteiger partial charge < -0.3 is 14.4 Å². The van der Waals surface area contributed by atoms with Gasteiger partial charge in [0.25, 0.3) is 5.91 Å². The molecule has 6 nitrogen and oxygen atoms in total. The molecule has 1 unspecified atom stereocenters. The number of thiazole rings is 1. The Balaban J connectivity index is 1.38. The molecule has 2 aromatic heterocycles. The summed E-state index contributed by atoms with van der Waals surface area (Å²) in [6.45, 7) is 2.82. The molecule has 4 rings (SSSR count). The molecule has 1 aliphatic rings. The Morgan fingerprint density at radius 3 is 2.72 bits per heavy atom. The van der Waals surface area contributed by atoms with Gasteiger partial charge in [0.1, 0.15) is 10.8 Å². The largest absolute Gasteiger partial charge is 0.497 e. The number of fused-ring (bicyclic) bond motifs is 1. The van der Waals surface area contributed by atoms with Gasteiger partial charge >= 0.3 is 5.97 Å². The summed E-state index contributed by atoms with van der Waals surface area (Å²) in [5.74, 6) is -0.0135. The van der Waals surface area contributed by atoms with Gasteiger partial charge in [0, 0.05) is 28.9 Å². The van der Waals surface area contributed by atoms with E-state index in [0.29, 0.717) is 18.1 Å². The predicted molar refractivity (Wildman–Crippen MR) is 112 cm³/mol. The number of esters is 1. The summed E-state index contributed by atoms with van der Waals surface area (Å²) in [5, 5.41) is 4.40. The Labute approximate surface area is 176 Å². The van der Waals surface area contributed by atoms with Crippen LogP contribution in [0.4, 0.5) is 0 Å². The van der Waals surface area contributed by atoms with Crippen LogP contribution >= 0.6 is 22.7 Å². The summed E-state index contributed by atoms with van der Waals surface area (Å²) in [7, 11) is 1.61. The van der Waals surface area contributed by atoms with Crippen molar-refractivity contribution in [3.63, 3.8) is 0 Å². The van der Waals surface area contributed by atoms with Crippen LogP contribution < -0.4 is 4.74 Å². The van der Waals surface area contributed by atoms with Gasteiger partial charge in [-0.3, -0.25) is 4.79 Å². The van der Waals surface area contributed by atoms with E-state index in [1.165, 1.54) is 21.8 Å². The summed E-state index contributed by atoms with van der Waals surface area (Å²) in [4.78, 5) is 32.6. The predicted octanol–water partition coefficient (Wildman–Crippen LogP) is 4.01. The molecule has 0 radical (unpaired) electrons. The number of thiophene rings is 1. The molecule has 0 bridgehead atoms. The lowest BCUT2D eigenvalue weighted by Gasteiger charge is -2.29. The maximum absolute atomic E-state index is 12.7. The van der Waals surface area contributed by atoms with Crippen LogP contribution in [0.1, 0.15) is 27.9 Å². The number of hydrogen-bond donors (Lipinski definition) is 0. The standard InChI is InChI=1S/C21H20N2O4S2/c1-13(20(24)23-9-7-18-15(11-23)8-10-28-18)27-21(25)17-12-29-19(22-17)14-3-5-16(26-2)6-4-14/h3-6,8,10,12-13H,7,9,11H2,1-2H3. The minimum atomic E-state index is -0.853. The maximum atomic E-state index is 12.7. The zero-order valence-electron chi connectivity index (χ0n) is 16.1. The van der Waals surface area contributed by atoms with Crippen molar-refractivity contribution in [1.29, 1.82) is 0 Å². The average Bonchev–Trinajstić information content (AvgIpc) is 3.42. The zero-order valence-corrected chi connectivity index (χ0v) is 17.7. The number of carbonyl (C=O) groups is 2. The van der Waals surface area contributed by atoms with Crippen molar-refractivity contribution in [3.8, 4) is 16.3 Å². The number of carbonyl (C=O) groups excluding carboxylic acids is 2. The van der Waals surface area contributed by atoms with Crippen LogP contribution in [-0.2, 0) is 22.5 Å². The molecular weight excluding hydrogens is 408 g/mol. The minimum Gasteiger partial charge on any atom is -0.497 e. The third-order valence-corrected chi connectivity index (χ3v) is 6.72. The SMILES string of the molecule is COc1ccc(-c2nc(C(=O)OC(C)C(=O)N3CCc4sccc4C3)cs2)cc1. The number of ether oxygens (including phenoxy) is 2. The summed E-state index contributed by atoms with van der Waals surface area (Å²) >= 11 is 3.07. The fourth-order valence-corrected chi connectivity index (χ4v) is 4.88. The van der Waals surface area contributed by atoms with Crippen LogP contribution in [-0.4, -0.2) is 41.5 Å². The first-order chi connectivity index (χ1) is 14.0. The lowest BCUT2D eigenvalue weighted by Crippen LogP contribution is -2.42. The smallest absolute Gasteiger partial charge is 0.358 e. The summed E-state index contributed by atoms with van der Waals surface area (Å²) < 4.78 is 10.6. The lowest BCUT2D eigenvalue weighted by atomic mass is 10.1. The fraction of sp³-hybridized carbons (Fsp3) is 0.286. The highest BCUT2D eigenvalue weighted by atomic mass is 32.1. The van der Waals surface area contributed by atoms with E-state index in [4.69, 9.17) is 9.47 Å². The molecule has 29 heavy (non-hydrogen) atoms. The van der Waals surface area contributed by atoms with E-state index >= 15 is 0 Å². The Morgan fingerprint density at radius 2 is 1.97 bits per heavy atom. The van der Waals surface area contributed by atoms with Crippen molar-refractivity contribution in [2.75, 3.05) is 13.7 Å². The summed E-state index contributed by atoms with van der Waals surface area (Å²) in [6, 6.07) is 9.49. The number of nitrogens with zero attached hydrogens (tertiary/aromatic N) is 2. The normalized spacial score (nSPS) is 14.2. The molecule has 1 amide bonds. The second-order valence-corrected chi connectivity index (χ2v) is 8.55. The van der Waals surface area contributed by atoms with Crippen LogP contribution in [0.3, 0.4) is 0 Å². The summed E-state index contributed by atoms with van der Waals surface area (Å²) in [6.07, 6.45) is -0.00898. The van der Waals surface area contributed by atoms with E-state index in [0.717, 1.165) is 17.7 Å². The molecule has 0 aliphatic carbocycles.